The molecule has 0 amide bonds. The minimum atomic E-state index is -0.354. The highest BCUT2D eigenvalue weighted by molar-refractivity contribution is 7.80. The Labute approximate surface area is 183 Å². The molecule has 1 heterocycles. The van der Waals surface area contributed by atoms with Crippen LogP contribution < -0.4 is 15.0 Å². The van der Waals surface area contributed by atoms with E-state index in [1.165, 1.54) is 12.0 Å². The fraction of sp³-hybridized carbons (Fsp3) is 0.391. The number of carbonyl (C=O) groups excluding carboxylic acids is 1. The molecule has 1 aliphatic heterocycles. The number of thiocarbonyl (C=S) groups is 1. The molecule has 30 heavy (non-hydrogen) atoms. The molecule has 0 spiro atoms. The Morgan fingerprint density at radius 3 is 2.53 bits per heavy atom. The molecule has 160 valence electrons. The fourth-order valence-electron chi connectivity index (χ4n) is 3.81. The predicted octanol–water partition coefficient (Wildman–Crippen LogP) is 2.06. The summed E-state index contributed by atoms with van der Waals surface area (Å²) in [4.78, 5) is 16.1. The second kappa shape index (κ2) is 9.45. The van der Waals surface area contributed by atoms with Gasteiger partial charge in [-0.15, -0.1) is 0 Å². The molecular formula is C23H30N3O3S+. The minimum Gasteiger partial charge on any atom is -0.497 e. The zero-order chi connectivity index (χ0) is 21.8. The van der Waals surface area contributed by atoms with Crippen LogP contribution in [0.25, 0.3) is 10.8 Å². The van der Waals surface area contributed by atoms with E-state index in [0.29, 0.717) is 10.7 Å². The Morgan fingerprint density at radius 2 is 1.87 bits per heavy atom. The van der Waals surface area contributed by atoms with Gasteiger partial charge in [0.15, 0.2) is 5.11 Å². The highest BCUT2D eigenvalue weighted by atomic mass is 32.1. The highest BCUT2D eigenvalue weighted by Gasteiger charge is 2.34. The number of rotatable bonds is 7. The summed E-state index contributed by atoms with van der Waals surface area (Å²) in [6.45, 7) is 3.73. The lowest BCUT2D eigenvalue weighted by atomic mass is 9.93. The number of hydrogen-bond acceptors (Lipinski definition) is 4. The Kier molecular flexibility index (Phi) is 6.95. The van der Waals surface area contributed by atoms with Crippen LogP contribution in [-0.4, -0.2) is 57.4 Å². The molecule has 2 aromatic rings. The number of esters is 1. The van der Waals surface area contributed by atoms with E-state index in [1.807, 2.05) is 42.2 Å². The van der Waals surface area contributed by atoms with Crippen molar-refractivity contribution < 1.29 is 19.2 Å². The quantitative estimate of drug-likeness (QED) is 0.520. The third kappa shape index (κ3) is 4.57. The molecule has 2 N–H and O–H groups in total. The summed E-state index contributed by atoms with van der Waals surface area (Å²) in [5, 5.41) is 6.15. The molecule has 1 aliphatic rings. The second-order valence-electron chi connectivity index (χ2n) is 7.81. The van der Waals surface area contributed by atoms with E-state index in [1.54, 1.807) is 7.11 Å². The number of ether oxygens (including phenoxy) is 2. The number of allylic oxidation sites excluding steroid dienone is 1. The maximum absolute atomic E-state index is 12.7. The summed E-state index contributed by atoms with van der Waals surface area (Å²) in [5.41, 5.74) is 2.41. The Balaban J connectivity index is 1.98. The van der Waals surface area contributed by atoms with E-state index in [4.69, 9.17) is 21.7 Å². The van der Waals surface area contributed by atoms with Gasteiger partial charge >= 0.3 is 5.97 Å². The van der Waals surface area contributed by atoms with Crippen LogP contribution in [0, 0.1) is 0 Å². The van der Waals surface area contributed by atoms with Crippen LogP contribution in [0.1, 0.15) is 24.9 Å². The summed E-state index contributed by atoms with van der Waals surface area (Å²) >= 11 is 5.67. The number of methoxy groups -OCH3 is 2. The fourth-order valence-corrected chi connectivity index (χ4v) is 4.16. The van der Waals surface area contributed by atoms with Crippen molar-refractivity contribution in [1.82, 2.24) is 10.2 Å². The van der Waals surface area contributed by atoms with E-state index in [-0.39, 0.29) is 12.0 Å². The molecule has 7 heteroatoms. The third-order valence-corrected chi connectivity index (χ3v) is 5.80. The number of hydrogen-bond donors (Lipinski definition) is 2. The third-order valence-electron chi connectivity index (χ3n) is 5.46. The number of nitrogens with one attached hydrogen (secondary N) is 2. The van der Waals surface area contributed by atoms with Gasteiger partial charge in [0.25, 0.3) is 0 Å². The van der Waals surface area contributed by atoms with Gasteiger partial charge in [0.2, 0.25) is 0 Å². The Bertz CT molecular complexity index is 987. The van der Waals surface area contributed by atoms with E-state index in [0.717, 1.165) is 47.3 Å². The zero-order valence-corrected chi connectivity index (χ0v) is 19.1. The van der Waals surface area contributed by atoms with Crippen LogP contribution in [-0.2, 0) is 9.53 Å². The molecule has 0 saturated heterocycles. The van der Waals surface area contributed by atoms with Gasteiger partial charge in [0, 0.05) is 18.7 Å². The molecule has 0 radical (unpaired) electrons. The molecule has 0 aromatic heterocycles. The lowest BCUT2D eigenvalue weighted by molar-refractivity contribution is -0.858. The molecule has 1 atom stereocenters. The summed E-state index contributed by atoms with van der Waals surface area (Å²) < 4.78 is 10.4. The van der Waals surface area contributed by atoms with Crippen molar-refractivity contribution in [3.05, 3.63) is 53.2 Å². The van der Waals surface area contributed by atoms with Crippen LogP contribution in [0.3, 0.4) is 0 Å². The van der Waals surface area contributed by atoms with E-state index < -0.39 is 0 Å². The van der Waals surface area contributed by atoms with Crippen molar-refractivity contribution >= 4 is 34.1 Å². The minimum absolute atomic E-state index is 0.342. The average molecular weight is 429 g/mol. The molecule has 0 bridgehead atoms. The Morgan fingerprint density at radius 1 is 1.17 bits per heavy atom. The lowest BCUT2D eigenvalue weighted by Gasteiger charge is -2.37. The first-order valence-electron chi connectivity index (χ1n) is 10.1. The maximum atomic E-state index is 12.7. The topological polar surface area (TPSA) is 55.2 Å². The van der Waals surface area contributed by atoms with Gasteiger partial charge in [-0.1, -0.05) is 18.2 Å². The molecule has 0 unspecified atom stereocenters. The monoisotopic (exact) mass is 428 g/mol. The van der Waals surface area contributed by atoms with Crippen LogP contribution in [0.4, 0.5) is 0 Å². The molecule has 0 saturated carbocycles. The molecule has 0 fully saturated rings. The summed E-state index contributed by atoms with van der Waals surface area (Å²) in [5.74, 6) is 0.471. The van der Waals surface area contributed by atoms with E-state index in [9.17, 15) is 4.79 Å². The van der Waals surface area contributed by atoms with Crippen molar-refractivity contribution in [1.29, 1.82) is 0 Å². The zero-order valence-electron chi connectivity index (χ0n) is 18.2. The van der Waals surface area contributed by atoms with Crippen molar-refractivity contribution in [2.75, 3.05) is 41.4 Å². The van der Waals surface area contributed by atoms with Crippen LogP contribution in [0.5, 0.6) is 5.75 Å². The number of fused-ring (bicyclic) bond motifs is 1. The smallest absolute Gasteiger partial charge is 0.337 e. The van der Waals surface area contributed by atoms with Gasteiger partial charge in [-0.25, -0.2) is 4.79 Å². The van der Waals surface area contributed by atoms with Gasteiger partial charge in [-0.3, -0.25) is 0 Å². The number of carbonyl (C=O) groups is 1. The lowest BCUT2D eigenvalue weighted by Crippen LogP contribution is -3.05. The van der Waals surface area contributed by atoms with Gasteiger partial charge in [0.05, 0.1) is 46.5 Å². The predicted molar refractivity (Wildman–Crippen MR) is 123 cm³/mol. The number of quaternary nitrogens is 1. The molecular weight excluding hydrogens is 398 g/mol. The van der Waals surface area contributed by atoms with Gasteiger partial charge in [0.1, 0.15) is 5.75 Å². The second-order valence-corrected chi connectivity index (χ2v) is 8.19. The number of benzene rings is 2. The van der Waals surface area contributed by atoms with Crippen LogP contribution >= 0.6 is 12.2 Å². The van der Waals surface area contributed by atoms with E-state index in [2.05, 4.69) is 25.5 Å². The normalized spacial score (nSPS) is 16.8. The van der Waals surface area contributed by atoms with Gasteiger partial charge in [-0.2, -0.15) is 0 Å². The Hall–Kier alpha value is -2.64. The first-order chi connectivity index (χ1) is 14.3. The van der Waals surface area contributed by atoms with Crippen LogP contribution in [0.15, 0.2) is 47.7 Å². The van der Waals surface area contributed by atoms with Crippen molar-refractivity contribution in [3.8, 4) is 5.75 Å². The molecule has 2 aromatic carbocycles. The van der Waals surface area contributed by atoms with Gasteiger partial charge < -0.3 is 24.6 Å². The van der Waals surface area contributed by atoms with E-state index >= 15 is 0 Å². The molecule has 0 aliphatic carbocycles. The molecule has 3 rings (SSSR count). The largest absolute Gasteiger partial charge is 0.497 e. The summed E-state index contributed by atoms with van der Waals surface area (Å²) in [6, 6.07) is 11.7. The molecule has 6 nitrogen and oxygen atoms in total. The summed E-state index contributed by atoms with van der Waals surface area (Å²) in [6.07, 6.45) is 0.971. The first-order valence-corrected chi connectivity index (χ1v) is 10.5. The maximum Gasteiger partial charge on any atom is 0.337 e. The summed E-state index contributed by atoms with van der Waals surface area (Å²) in [7, 11) is 7.32. The highest BCUT2D eigenvalue weighted by Crippen LogP contribution is 2.33. The van der Waals surface area contributed by atoms with Crippen molar-refractivity contribution in [2.45, 2.75) is 19.4 Å². The van der Waals surface area contributed by atoms with Crippen molar-refractivity contribution in [3.63, 3.8) is 0 Å². The van der Waals surface area contributed by atoms with Gasteiger partial charge in [-0.05, 0) is 53.7 Å². The standard InChI is InChI=1S/C23H29N3O3S/c1-15-20(22(27)29-5)21(24-23(30)26(15)12-6-11-25(2)3)18-8-7-17-14-19(28-4)10-9-16(17)13-18/h7-10,13-14,21H,6,11-12H2,1-5H3,(H,24,30)/p+1/t21-/m0/s1. The SMILES string of the molecule is COC(=O)C1=C(C)N(CCC[NH+](C)C)C(=S)N[C@H]1c1ccc2cc(OC)ccc2c1. The van der Waals surface area contributed by atoms with Crippen LogP contribution in [0.2, 0.25) is 0 Å². The average Bonchev–Trinajstić information content (AvgIpc) is 2.74. The first kappa shape index (κ1) is 22.1. The van der Waals surface area contributed by atoms with Crippen molar-refractivity contribution in [2.24, 2.45) is 0 Å². The number of nitrogens with zero attached hydrogens (tertiary/aromatic N) is 1.